The zero-order chi connectivity index (χ0) is 28.5. The summed E-state index contributed by atoms with van der Waals surface area (Å²) in [5, 5.41) is 10.5. The van der Waals surface area contributed by atoms with E-state index in [0.29, 0.717) is 26.1 Å². The van der Waals surface area contributed by atoms with Gasteiger partial charge in [-0.2, -0.15) is 0 Å². The van der Waals surface area contributed by atoms with Gasteiger partial charge in [-0.3, -0.25) is 14.4 Å². The van der Waals surface area contributed by atoms with Crippen LogP contribution in [0.3, 0.4) is 0 Å². The number of carbonyl (C=O) groups excluding carboxylic acids is 3. The fourth-order valence-corrected chi connectivity index (χ4v) is 9.53. The lowest BCUT2D eigenvalue weighted by Gasteiger charge is -2.42. The molecule has 1 N–H and O–H groups in total. The van der Waals surface area contributed by atoms with Gasteiger partial charge in [0.1, 0.15) is 6.04 Å². The molecule has 4 rings (SSSR count). The smallest absolute Gasteiger partial charge is 0.247 e. The minimum Gasteiger partial charge on any atom is -0.394 e. The van der Waals surface area contributed by atoms with Crippen molar-refractivity contribution in [2.75, 3.05) is 26.7 Å². The van der Waals surface area contributed by atoms with Crippen molar-refractivity contribution in [1.82, 2.24) is 14.7 Å². The van der Waals surface area contributed by atoms with E-state index in [0.717, 1.165) is 12.0 Å². The van der Waals surface area contributed by atoms with Crippen LogP contribution in [-0.2, 0) is 20.9 Å². The van der Waals surface area contributed by atoms with E-state index in [1.807, 2.05) is 30.3 Å². The van der Waals surface area contributed by atoms with Crippen LogP contribution in [0.4, 0.5) is 0 Å². The van der Waals surface area contributed by atoms with Crippen LogP contribution < -0.4 is 0 Å². The lowest BCUT2D eigenvalue weighted by molar-refractivity contribution is -0.147. The topological polar surface area (TPSA) is 81.2 Å². The van der Waals surface area contributed by atoms with Crippen LogP contribution >= 0.6 is 11.8 Å². The molecule has 0 aliphatic carbocycles. The predicted octanol–water partition coefficient (Wildman–Crippen LogP) is 3.59. The largest absolute Gasteiger partial charge is 0.394 e. The molecule has 2 bridgehead atoms. The maximum atomic E-state index is 14.7. The van der Waals surface area contributed by atoms with Gasteiger partial charge in [0.05, 0.1) is 29.2 Å². The maximum absolute atomic E-state index is 14.7. The summed E-state index contributed by atoms with van der Waals surface area (Å²) in [6.45, 7) is 14.8. The van der Waals surface area contributed by atoms with Gasteiger partial charge < -0.3 is 19.8 Å². The molecule has 39 heavy (non-hydrogen) atoms. The number of amides is 3. The van der Waals surface area contributed by atoms with Crippen LogP contribution in [0.1, 0.15) is 39.2 Å². The quantitative estimate of drug-likeness (QED) is 0.400. The Morgan fingerprint density at radius 2 is 1.85 bits per heavy atom. The van der Waals surface area contributed by atoms with E-state index in [-0.39, 0.29) is 41.4 Å². The van der Waals surface area contributed by atoms with E-state index < -0.39 is 28.7 Å². The minimum absolute atomic E-state index is 0.0224. The summed E-state index contributed by atoms with van der Waals surface area (Å²) in [4.78, 5) is 48.0. The fraction of sp³-hybridized carbons (Fsp3) is 0.581. The number of aliphatic hydroxyl groups excluding tert-OH is 1. The van der Waals surface area contributed by atoms with E-state index in [4.69, 9.17) is 0 Å². The van der Waals surface area contributed by atoms with Crippen molar-refractivity contribution in [2.45, 2.75) is 62.2 Å². The van der Waals surface area contributed by atoms with Gasteiger partial charge in [-0.25, -0.2) is 0 Å². The zero-order valence-corrected chi connectivity index (χ0v) is 24.5. The zero-order valence-electron chi connectivity index (χ0n) is 23.7. The molecule has 3 unspecified atom stereocenters. The van der Waals surface area contributed by atoms with Gasteiger partial charge in [-0.1, -0.05) is 63.3 Å². The summed E-state index contributed by atoms with van der Waals surface area (Å²) in [6, 6.07) is 8.55. The molecule has 0 radical (unpaired) electrons. The second-order valence-electron chi connectivity index (χ2n) is 11.8. The fourth-order valence-electron chi connectivity index (χ4n) is 7.14. The first-order valence-electron chi connectivity index (χ1n) is 14.0. The van der Waals surface area contributed by atoms with Crippen molar-refractivity contribution < 1.29 is 19.5 Å². The summed E-state index contributed by atoms with van der Waals surface area (Å²) < 4.78 is -0.727. The molecule has 3 heterocycles. The van der Waals surface area contributed by atoms with Gasteiger partial charge in [0.15, 0.2) is 0 Å². The van der Waals surface area contributed by atoms with Gasteiger partial charge in [-0.15, -0.1) is 24.9 Å². The maximum Gasteiger partial charge on any atom is 0.247 e. The number of fused-ring (bicyclic) bond motifs is 1. The molecule has 3 aliphatic heterocycles. The van der Waals surface area contributed by atoms with E-state index in [2.05, 4.69) is 33.9 Å². The number of hydrogen-bond donors (Lipinski definition) is 1. The number of aliphatic hydroxyl groups is 1. The SMILES string of the molecule is C=CCN(C)C(=O)[C@@H]1[C@H]2C(=O)N([C@@H](CO)CC(C)C)C(C(=O)N(CC=C)Cc3ccccc3)C23S[C@@H]1CC3C. The van der Waals surface area contributed by atoms with Crippen LogP contribution in [0.15, 0.2) is 55.6 Å². The Hall–Kier alpha value is -2.58. The number of likely N-dealkylation sites (N-methyl/N-ethyl adjacent to an activating group) is 1. The van der Waals surface area contributed by atoms with E-state index >= 15 is 0 Å². The van der Waals surface area contributed by atoms with Crippen molar-refractivity contribution in [1.29, 1.82) is 0 Å². The van der Waals surface area contributed by atoms with Gasteiger partial charge in [0.2, 0.25) is 17.7 Å². The normalized spacial score (nSPS) is 29.8. The van der Waals surface area contributed by atoms with E-state index in [9.17, 15) is 19.5 Å². The molecule has 7 nitrogen and oxygen atoms in total. The van der Waals surface area contributed by atoms with Crippen molar-refractivity contribution in [3.63, 3.8) is 0 Å². The first-order valence-corrected chi connectivity index (χ1v) is 14.9. The average molecular weight is 554 g/mol. The second kappa shape index (κ2) is 11.9. The molecule has 7 atom stereocenters. The molecule has 3 amide bonds. The molecule has 3 aliphatic rings. The van der Waals surface area contributed by atoms with Crippen LogP contribution in [0.25, 0.3) is 0 Å². The van der Waals surface area contributed by atoms with Gasteiger partial charge in [0, 0.05) is 31.9 Å². The Morgan fingerprint density at radius 1 is 1.18 bits per heavy atom. The lowest BCUT2D eigenvalue weighted by Crippen LogP contribution is -2.59. The Bertz CT molecular complexity index is 1090. The summed E-state index contributed by atoms with van der Waals surface area (Å²) in [5.74, 6) is -1.19. The number of likely N-dealkylation sites (tertiary alicyclic amines) is 1. The summed E-state index contributed by atoms with van der Waals surface area (Å²) in [5.41, 5.74) is 0.994. The molecule has 1 spiro atoms. The van der Waals surface area contributed by atoms with Gasteiger partial charge in [0.25, 0.3) is 0 Å². The number of carbonyl (C=O) groups is 3. The minimum atomic E-state index is -0.762. The van der Waals surface area contributed by atoms with Crippen molar-refractivity contribution in [3.8, 4) is 0 Å². The number of benzene rings is 1. The highest BCUT2D eigenvalue weighted by Crippen LogP contribution is 2.69. The lowest BCUT2D eigenvalue weighted by atomic mass is 9.65. The molecule has 1 aromatic carbocycles. The highest BCUT2D eigenvalue weighted by atomic mass is 32.2. The third-order valence-electron chi connectivity index (χ3n) is 8.71. The first-order chi connectivity index (χ1) is 18.6. The number of rotatable bonds is 12. The number of hydrogen-bond acceptors (Lipinski definition) is 5. The number of nitrogens with zero attached hydrogens (tertiary/aromatic N) is 3. The summed E-state index contributed by atoms with van der Waals surface area (Å²) in [6.07, 6.45) is 4.76. The third-order valence-corrected chi connectivity index (χ3v) is 10.8. The standard InChI is InChI=1S/C31H43N3O4S/c1-7-14-32(6)28(36)25-24-17-21(5)31(39-24)26(25)29(37)34(23(19-35)16-20(3)4)27(31)30(38)33(15-8-2)18-22-12-10-9-11-13-22/h7-13,20-21,23-27,35H,1-2,14-19H2,3-6H3/t21?,23-,24-,25+,26+,27?,31?/m1/s1. The molecule has 0 aromatic heterocycles. The Labute approximate surface area is 237 Å². The van der Waals surface area contributed by atoms with E-state index in [1.165, 1.54) is 0 Å². The highest BCUT2D eigenvalue weighted by molar-refractivity contribution is 8.02. The van der Waals surface area contributed by atoms with Gasteiger partial charge >= 0.3 is 0 Å². The van der Waals surface area contributed by atoms with Crippen LogP contribution in [-0.4, -0.2) is 86.4 Å². The average Bonchev–Trinajstić information content (AvgIpc) is 3.50. The van der Waals surface area contributed by atoms with Crippen molar-refractivity contribution in [3.05, 3.63) is 61.2 Å². The third kappa shape index (κ3) is 5.06. The molecular weight excluding hydrogens is 510 g/mol. The molecule has 1 aromatic rings. The van der Waals surface area contributed by atoms with Crippen molar-refractivity contribution in [2.24, 2.45) is 23.7 Å². The van der Waals surface area contributed by atoms with Crippen molar-refractivity contribution >= 4 is 29.5 Å². The molecule has 3 fully saturated rings. The van der Waals surface area contributed by atoms with E-state index in [1.54, 1.807) is 45.7 Å². The monoisotopic (exact) mass is 553 g/mol. The Balaban J connectivity index is 1.81. The molecule has 212 valence electrons. The number of thioether (sulfide) groups is 1. The Kier molecular flexibility index (Phi) is 8.96. The van der Waals surface area contributed by atoms with Gasteiger partial charge in [-0.05, 0) is 30.2 Å². The van der Waals surface area contributed by atoms with Crippen LogP contribution in [0, 0.1) is 23.7 Å². The van der Waals surface area contributed by atoms with Crippen LogP contribution in [0.2, 0.25) is 0 Å². The van der Waals surface area contributed by atoms with Crippen LogP contribution in [0.5, 0.6) is 0 Å². The molecule has 8 heteroatoms. The predicted molar refractivity (Wildman–Crippen MR) is 156 cm³/mol. The highest BCUT2D eigenvalue weighted by Gasteiger charge is 2.76. The Morgan fingerprint density at radius 3 is 2.44 bits per heavy atom. The second-order valence-corrected chi connectivity index (χ2v) is 13.3. The molecular formula is C31H43N3O4S. The summed E-state index contributed by atoms with van der Waals surface area (Å²) >= 11 is 1.67. The summed E-state index contributed by atoms with van der Waals surface area (Å²) in [7, 11) is 1.75. The first kappa shape index (κ1) is 29.4. The molecule has 3 saturated heterocycles. The molecule has 0 saturated carbocycles.